The number of rotatable bonds is 2. The van der Waals surface area contributed by atoms with E-state index in [9.17, 15) is 9.18 Å². The summed E-state index contributed by atoms with van der Waals surface area (Å²) in [6.45, 7) is 3.36. The van der Waals surface area contributed by atoms with Crippen molar-refractivity contribution in [1.29, 1.82) is 0 Å². The normalized spacial score (nSPS) is 11.6. The van der Waals surface area contributed by atoms with Crippen molar-refractivity contribution in [2.24, 2.45) is 0 Å². The quantitative estimate of drug-likeness (QED) is 0.397. The Bertz CT molecular complexity index is 689. The number of hydrogen-bond donors (Lipinski definition) is 0. The van der Waals surface area contributed by atoms with Gasteiger partial charge in [0, 0.05) is 6.08 Å². The van der Waals surface area contributed by atoms with E-state index in [0.717, 1.165) is 28.3 Å². The second kappa shape index (κ2) is 4.35. The summed E-state index contributed by atoms with van der Waals surface area (Å²) in [6.07, 6.45) is 1.78. The molecule has 94 valence electrons. The van der Waals surface area contributed by atoms with E-state index in [4.69, 9.17) is 4.74 Å². The van der Waals surface area contributed by atoms with Crippen LogP contribution >= 0.6 is 0 Å². The lowest BCUT2D eigenvalue weighted by atomic mass is 10.1. The van der Waals surface area contributed by atoms with Crippen molar-refractivity contribution in [2.75, 3.05) is 0 Å². The molecule has 0 radical (unpaired) electrons. The highest BCUT2D eigenvalue weighted by atomic mass is 19.1. The van der Waals surface area contributed by atoms with Crippen LogP contribution in [0, 0.1) is 5.82 Å². The number of carbonyl (C=O) groups excluding carboxylic acids is 1. The molecular weight excluding hydrogens is 243 g/mol. The first-order chi connectivity index (χ1) is 9.17. The largest absolute Gasteiger partial charge is 0.423 e. The van der Waals surface area contributed by atoms with Gasteiger partial charge >= 0.3 is 5.97 Å². The van der Waals surface area contributed by atoms with E-state index in [0.29, 0.717) is 12.2 Å². The number of ether oxygens (including phenoxy) is 1. The van der Waals surface area contributed by atoms with E-state index in [1.54, 1.807) is 18.2 Å². The van der Waals surface area contributed by atoms with Crippen LogP contribution < -0.4 is 4.74 Å². The predicted molar refractivity (Wildman–Crippen MR) is 70.5 cm³/mol. The van der Waals surface area contributed by atoms with Gasteiger partial charge in [-0.1, -0.05) is 18.7 Å². The third-order valence-corrected chi connectivity index (χ3v) is 3.20. The van der Waals surface area contributed by atoms with E-state index in [-0.39, 0.29) is 5.82 Å². The molecule has 0 heterocycles. The van der Waals surface area contributed by atoms with Crippen molar-refractivity contribution in [3.05, 3.63) is 66.0 Å². The first-order valence-corrected chi connectivity index (χ1v) is 5.93. The molecule has 2 aromatic carbocycles. The molecule has 0 fully saturated rings. The van der Waals surface area contributed by atoms with Gasteiger partial charge in [-0.15, -0.1) is 0 Å². The lowest BCUT2D eigenvalue weighted by Gasteiger charge is -2.04. The molecule has 3 heteroatoms. The van der Waals surface area contributed by atoms with Crippen molar-refractivity contribution < 1.29 is 13.9 Å². The van der Waals surface area contributed by atoms with Gasteiger partial charge in [0.05, 0.1) is 0 Å². The Balaban J connectivity index is 1.98. The second-order valence-electron chi connectivity index (χ2n) is 4.42. The van der Waals surface area contributed by atoms with Crippen LogP contribution in [0.1, 0.15) is 11.1 Å². The van der Waals surface area contributed by atoms with Crippen LogP contribution in [-0.4, -0.2) is 5.97 Å². The Kier molecular flexibility index (Phi) is 2.67. The predicted octanol–water partition coefficient (Wildman–Crippen LogP) is 3.49. The summed E-state index contributed by atoms with van der Waals surface area (Å²) in [5.41, 5.74) is 4.10. The van der Waals surface area contributed by atoms with Crippen LogP contribution in [0.25, 0.3) is 11.1 Å². The van der Waals surface area contributed by atoms with Crippen molar-refractivity contribution >= 4 is 5.97 Å². The number of halogens is 1. The van der Waals surface area contributed by atoms with Crippen LogP contribution in [0.2, 0.25) is 0 Å². The minimum atomic E-state index is -0.485. The molecule has 1 aliphatic carbocycles. The number of carbonyl (C=O) groups is 1. The molecule has 0 aliphatic heterocycles. The lowest BCUT2D eigenvalue weighted by Crippen LogP contribution is -2.03. The van der Waals surface area contributed by atoms with E-state index in [1.807, 2.05) is 12.1 Å². The monoisotopic (exact) mass is 254 g/mol. The van der Waals surface area contributed by atoms with Gasteiger partial charge in [0.15, 0.2) is 0 Å². The van der Waals surface area contributed by atoms with E-state index < -0.39 is 5.97 Å². The Morgan fingerprint density at radius 2 is 1.84 bits per heavy atom. The summed E-state index contributed by atoms with van der Waals surface area (Å²) >= 11 is 0. The molecular formula is C16H11FO2. The second-order valence-corrected chi connectivity index (χ2v) is 4.42. The third kappa shape index (κ3) is 2.03. The highest BCUT2D eigenvalue weighted by Crippen LogP contribution is 2.38. The zero-order valence-corrected chi connectivity index (χ0v) is 10.2. The number of fused-ring (bicyclic) bond motifs is 3. The molecule has 19 heavy (non-hydrogen) atoms. The van der Waals surface area contributed by atoms with Crippen LogP contribution in [0.3, 0.4) is 0 Å². The minimum Gasteiger partial charge on any atom is -0.423 e. The fourth-order valence-electron chi connectivity index (χ4n) is 2.38. The molecule has 0 atom stereocenters. The number of hydrogen-bond acceptors (Lipinski definition) is 2. The molecule has 0 N–H and O–H groups in total. The number of benzene rings is 2. The summed E-state index contributed by atoms with van der Waals surface area (Å²) < 4.78 is 18.3. The Labute approximate surface area is 110 Å². The van der Waals surface area contributed by atoms with Gasteiger partial charge < -0.3 is 4.74 Å². The SMILES string of the molecule is C=CC(=O)Oc1ccc2c(c1)Cc1cc(F)ccc1-2. The van der Waals surface area contributed by atoms with E-state index in [2.05, 4.69) is 6.58 Å². The van der Waals surface area contributed by atoms with Crippen molar-refractivity contribution in [1.82, 2.24) is 0 Å². The zero-order chi connectivity index (χ0) is 13.4. The summed E-state index contributed by atoms with van der Waals surface area (Å²) in [6, 6.07) is 10.2. The fourth-order valence-corrected chi connectivity index (χ4v) is 2.38. The molecule has 0 aromatic heterocycles. The molecule has 0 amide bonds. The molecule has 1 aliphatic rings. The van der Waals surface area contributed by atoms with E-state index >= 15 is 0 Å². The van der Waals surface area contributed by atoms with Gasteiger partial charge in [0.2, 0.25) is 0 Å². The maximum Gasteiger partial charge on any atom is 0.335 e. The summed E-state index contributed by atoms with van der Waals surface area (Å²) in [4.78, 5) is 11.2. The topological polar surface area (TPSA) is 26.3 Å². The minimum absolute atomic E-state index is 0.232. The standard InChI is InChI=1S/C16H11FO2/c1-2-16(18)19-13-4-6-15-11(9-13)7-10-8-12(17)3-5-14(10)15/h2-6,8-9H,1,7H2. The zero-order valence-electron chi connectivity index (χ0n) is 10.2. The maximum absolute atomic E-state index is 13.2. The lowest BCUT2D eigenvalue weighted by molar-refractivity contribution is -0.128. The van der Waals surface area contributed by atoms with Crippen LogP contribution in [0.4, 0.5) is 4.39 Å². The first kappa shape index (κ1) is 11.7. The summed E-state index contributed by atoms with van der Waals surface area (Å²) in [5.74, 6) is -0.233. The first-order valence-electron chi connectivity index (χ1n) is 5.93. The summed E-state index contributed by atoms with van der Waals surface area (Å²) in [5, 5.41) is 0. The maximum atomic E-state index is 13.2. The van der Waals surface area contributed by atoms with Crippen molar-refractivity contribution in [3.63, 3.8) is 0 Å². The van der Waals surface area contributed by atoms with Gasteiger partial charge in [-0.25, -0.2) is 9.18 Å². The molecule has 0 spiro atoms. The van der Waals surface area contributed by atoms with Crippen LogP contribution in [0.5, 0.6) is 5.75 Å². The summed E-state index contributed by atoms with van der Waals surface area (Å²) in [7, 11) is 0. The molecule has 2 nitrogen and oxygen atoms in total. The highest BCUT2D eigenvalue weighted by molar-refractivity contribution is 5.84. The Morgan fingerprint density at radius 1 is 1.16 bits per heavy atom. The average Bonchev–Trinajstić information content (AvgIpc) is 2.74. The van der Waals surface area contributed by atoms with E-state index in [1.165, 1.54) is 6.07 Å². The Morgan fingerprint density at radius 3 is 2.58 bits per heavy atom. The molecule has 0 bridgehead atoms. The molecule has 0 saturated heterocycles. The van der Waals surface area contributed by atoms with Gasteiger partial charge in [-0.3, -0.25) is 0 Å². The fraction of sp³-hybridized carbons (Fsp3) is 0.0625. The van der Waals surface area contributed by atoms with Crippen LogP contribution in [0.15, 0.2) is 49.1 Å². The van der Waals surface area contributed by atoms with Gasteiger partial charge in [0.25, 0.3) is 0 Å². The van der Waals surface area contributed by atoms with Gasteiger partial charge in [-0.2, -0.15) is 0 Å². The van der Waals surface area contributed by atoms with Crippen LogP contribution in [-0.2, 0) is 11.2 Å². The smallest absolute Gasteiger partial charge is 0.335 e. The molecule has 2 aromatic rings. The third-order valence-electron chi connectivity index (χ3n) is 3.20. The van der Waals surface area contributed by atoms with Crippen molar-refractivity contribution in [2.45, 2.75) is 6.42 Å². The average molecular weight is 254 g/mol. The highest BCUT2D eigenvalue weighted by Gasteiger charge is 2.19. The molecule has 0 unspecified atom stereocenters. The van der Waals surface area contributed by atoms with Gasteiger partial charge in [0.1, 0.15) is 11.6 Å². The van der Waals surface area contributed by atoms with Gasteiger partial charge in [-0.05, 0) is 52.9 Å². The molecule has 0 saturated carbocycles. The number of esters is 1. The molecule has 3 rings (SSSR count). The van der Waals surface area contributed by atoms with Crippen molar-refractivity contribution in [3.8, 4) is 16.9 Å². The Hall–Kier alpha value is -2.42.